The number of nitrogens with one attached hydrogen (secondary N) is 1. The van der Waals surface area contributed by atoms with Gasteiger partial charge in [-0.05, 0) is 50.8 Å². The first-order valence-corrected chi connectivity index (χ1v) is 8.98. The molecule has 0 aromatic heterocycles. The van der Waals surface area contributed by atoms with Crippen LogP contribution in [0.25, 0.3) is 0 Å². The van der Waals surface area contributed by atoms with Gasteiger partial charge in [-0.2, -0.15) is 5.26 Å². The lowest BCUT2D eigenvalue weighted by Crippen LogP contribution is -2.44. The summed E-state index contributed by atoms with van der Waals surface area (Å²) >= 11 is 0. The fraction of sp³-hybridized carbons (Fsp3) is 0.600. The second-order valence-corrected chi connectivity index (χ2v) is 6.74. The molecule has 0 saturated carbocycles. The first-order valence-electron chi connectivity index (χ1n) is 8.98. The molecule has 1 N–H and O–H groups in total. The molecular formula is C20H30N2O3. The van der Waals surface area contributed by atoms with E-state index < -0.39 is 5.60 Å². The van der Waals surface area contributed by atoms with Gasteiger partial charge in [0.15, 0.2) is 0 Å². The molecule has 5 nitrogen and oxygen atoms in total. The predicted octanol–water partition coefficient (Wildman–Crippen LogP) is 4.52. The van der Waals surface area contributed by atoms with Gasteiger partial charge in [0.2, 0.25) is 0 Å². The van der Waals surface area contributed by atoms with Gasteiger partial charge >= 0.3 is 0 Å². The lowest BCUT2D eigenvalue weighted by Gasteiger charge is -2.30. The van der Waals surface area contributed by atoms with Crippen LogP contribution < -0.4 is 10.1 Å². The number of amides is 1. The van der Waals surface area contributed by atoms with Gasteiger partial charge in [0.1, 0.15) is 17.4 Å². The van der Waals surface area contributed by atoms with Gasteiger partial charge in [-0.25, -0.2) is 0 Å². The van der Waals surface area contributed by atoms with Crippen LogP contribution in [0.1, 0.15) is 59.4 Å². The standard InChI is InChI=1S/C20H30N2O3/c1-6-8-11-24-17-9-10-18(16(12-17)14-21)22-19(23)20(5,25-7-2)13-15(3)4/h9-10,12,15H,6-8,11,13H2,1-5H3,(H,22,23)/t20-/m0/s1. The van der Waals surface area contributed by atoms with Gasteiger partial charge in [-0.1, -0.05) is 27.2 Å². The molecule has 5 heteroatoms. The van der Waals surface area contributed by atoms with Crippen molar-refractivity contribution in [2.24, 2.45) is 5.92 Å². The first-order chi connectivity index (χ1) is 11.9. The summed E-state index contributed by atoms with van der Waals surface area (Å²) in [6, 6.07) is 7.26. The number of nitrogens with zero attached hydrogens (tertiary/aromatic N) is 1. The average Bonchev–Trinajstić information content (AvgIpc) is 2.55. The van der Waals surface area contributed by atoms with Gasteiger partial charge in [-0.3, -0.25) is 4.79 Å². The molecular weight excluding hydrogens is 316 g/mol. The Morgan fingerprint density at radius 1 is 1.36 bits per heavy atom. The molecule has 0 unspecified atom stereocenters. The molecule has 0 bridgehead atoms. The zero-order chi connectivity index (χ0) is 18.9. The number of carbonyl (C=O) groups excluding carboxylic acids is 1. The third-order valence-electron chi connectivity index (χ3n) is 3.87. The summed E-state index contributed by atoms with van der Waals surface area (Å²) in [7, 11) is 0. The molecule has 1 atom stereocenters. The molecule has 0 fully saturated rings. The third kappa shape index (κ3) is 6.39. The van der Waals surface area contributed by atoms with E-state index in [-0.39, 0.29) is 5.91 Å². The number of benzene rings is 1. The quantitative estimate of drug-likeness (QED) is 0.632. The van der Waals surface area contributed by atoms with Crippen LogP contribution in [0.5, 0.6) is 5.75 Å². The molecule has 138 valence electrons. The molecule has 25 heavy (non-hydrogen) atoms. The van der Waals surface area contributed by atoms with Crippen LogP contribution in [0.2, 0.25) is 0 Å². The lowest BCUT2D eigenvalue weighted by atomic mass is 9.93. The molecule has 0 saturated heterocycles. The summed E-state index contributed by atoms with van der Waals surface area (Å²) in [5.41, 5.74) is -0.0675. The van der Waals surface area contributed by atoms with E-state index in [4.69, 9.17) is 9.47 Å². The summed E-state index contributed by atoms with van der Waals surface area (Å²) < 4.78 is 11.3. The molecule has 0 radical (unpaired) electrons. The topological polar surface area (TPSA) is 71.3 Å². The van der Waals surface area contributed by atoms with Crippen molar-refractivity contribution < 1.29 is 14.3 Å². The molecule has 0 heterocycles. The monoisotopic (exact) mass is 346 g/mol. The van der Waals surface area contributed by atoms with Gasteiger partial charge in [0.25, 0.3) is 5.91 Å². The highest BCUT2D eigenvalue weighted by Crippen LogP contribution is 2.26. The largest absolute Gasteiger partial charge is 0.494 e. The Balaban J connectivity index is 2.93. The maximum Gasteiger partial charge on any atom is 0.256 e. The van der Waals surface area contributed by atoms with E-state index in [9.17, 15) is 10.1 Å². The summed E-state index contributed by atoms with van der Waals surface area (Å²) in [5.74, 6) is 0.712. The number of hydrogen-bond acceptors (Lipinski definition) is 4. The molecule has 1 aromatic rings. The predicted molar refractivity (Wildman–Crippen MR) is 99.7 cm³/mol. The zero-order valence-corrected chi connectivity index (χ0v) is 16.0. The minimum absolute atomic E-state index is 0.237. The highest BCUT2D eigenvalue weighted by atomic mass is 16.5. The van der Waals surface area contributed by atoms with Crippen LogP contribution in [0.3, 0.4) is 0 Å². The smallest absolute Gasteiger partial charge is 0.256 e. The number of ether oxygens (including phenoxy) is 2. The Morgan fingerprint density at radius 2 is 2.08 bits per heavy atom. The number of rotatable bonds is 10. The Hall–Kier alpha value is -2.06. The summed E-state index contributed by atoms with van der Waals surface area (Å²) in [4.78, 5) is 12.7. The van der Waals surface area contributed by atoms with E-state index >= 15 is 0 Å². The van der Waals surface area contributed by atoms with Crippen LogP contribution in [-0.4, -0.2) is 24.7 Å². The molecule has 0 spiro atoms. The Labute approximate surface area is 151 Å². The van der Waals surface area contributed by atoms with Gasteiger partial charge in [0.05, 0.1) is 17.9 Å². The van der Waals surface area contributed by atoms with Crippen LogP contribution in [0.4, 0.5) is 5.69 Å². The maximum atomic E-state index is 12.7. The van der Waals surface area contributed by atoms with E-state index in [1.807, 2.05) is 20.8 Å². The average molecular weight is 346 g/mol. The van der Waals surface area contributed by atoms with Crippen molar-refractivity contribution in [1.82, 2.24) is 0 Å². The summed E-state index contributed by atoms with van der Waals surface area (Å²) in [5, 5.41) is 12.2. The Bertz CT molecular complexity index is 607. The number of unbranched alkanes of at least 4 members (excludes halogenated alkanes) is 1. The van der Waals surface area contributed by atoms with E-state index in [2.05, 4.69) is 18.3 Å². The number of anilines is 1. The fourth-order valence-electron chi connectivity index (χ4n) is 2.72. The summed E-state index contributed by atoms with van der Waals surface area (Å²) in [6.07, 6.45) is 2.61. The molecule has 1 aromatic carbocycles. The highest BCUT2D eigenvalue weighted by Gasteiger charge is 2.35. The van der Waals surface area contributed by atoms with E-state index in [0.717, 1.165) is 12.8 Å². The van der Waals surface area contributed by atoms with E-state index in [1.165, 1.54) is 0 Å². The van der Waals surface area contributed by atoms with Crippen LogP contribution in [0, 0.1) is 17.2 Å². The van der Waals surface area contributed by atoms with Crippen molar-refractivity contribution in [2.45, 2.75) is 59.5 Å². The second-order valence-electron chi connectivity index (χ2n) is 6.74. The minimum Gasteiger partial charge on any atom is -0.494 e. The van der Waals surface area contributed by atoms with Crippen molar-refractivity contribution in [1.29, 1.82) is 5.26 Å². The fourth-order valence-corrected chi connectivity index (χ4v) is 2.72. The normalized spacial score (nSPS) is 13.2. The number of hydrogen-bond donors (Lipinski definition) is 1. The van der Waals surface area contributed by atoms with Crippen molar-refractivity contribution in [3.05, 3.63) is 23.8 Å². The number of carbonyl (C=O) groups is 1. The van der Waals surface area contributed by atoms with Crippen LogP contribution in [0.15, 0.2) is 18.2 Å². The van der Waals surface area contributed by atoms with Crippen molar-refractivity contribution in [2.75, 3.05) is 18.5 Å². The van der Waals surface area contributed by atoms with Crippen LogP contribution in [-0.2, 0) is 9.53 Å². The Kier molecular flexibility index (Phi) is 8.44. The zero-order valence-electron chi connectivity index (χ0n) is 16.0. The number of nitriles is 1. The molecule has 0 aliphatic carbocycles. The minimum atomic E-state index is -0.925. The molecule has 0 aliphatic heterocycles. The van der Waals surface area contributed by atoms with Gasteiger partial charge < -0.3 is 14.8 Å². The van der Waals surface area contributed by atoms with Crippen molar-refractivity contribution in [3.63, 3.8) is 0 Å². The van der Waals surface area contributed by atoms with Gasteiger partial charge in [-0.15, -0.1) is 0 Å². The van der Waals surface area contributed by atoms with Gasteiger partial charge in [0, 0.05) is 6.61 Å². The highest BCUT2D eigenvalue weighted by molar-refractivity contribution is 5.98. The lowest BCUT2D eigenvalue weighted by molar-refractivity contribution is -0.140. The summed E-state index contributed by atoms with van der Waals surface area (Å²) in [6.45, 7) is 10.9. The van der Waals surface area contributed by atoms with E-state index in [1.54, 1.807) is 25.1 Å². The third-order valence-corrected chi connectivity index (χ3v) is 3.87. The molecule has 0 aliphatic rings. The maximum absolute atomic E-state index is 12.7. The molecule has 1 rings (SSSR count). The SMILES string of the molecule is CCCCOc1ccc(NC(=O)[C@](C)(CC(C)C)OCC)c(C#N)c1. The molecule has 1 amide bonds. The van der Waals surface area contributed by atoms with E-state index in [0.29, 0.717) is 42.6 Å². The van der Waals surface area contributed by atoms with Crippen molar-refractivity contribution in [3.8, 4) is 11.8 Å². The van der Waals surface area contributed by atoms with Crippen molar-refractivity contribution >= 4 is 11.6 Å². The first kappa shape index (κ1) is 21.0. The second kappa shape index (κ2) is 10.0. The Morgan fingerprint density at radius 3 is 2.64 bits per heavy atom. The van der Waals surface area contributed by atoms with Crippen LogP contribution >= 0.6 is 0 Å².